The Morgan fingerprint density at radius 3 is 2.44 bits per heavy atom. The fraction of sp³-hybridized carbons (Fsp3) is 0.348. The number of carbonyl (C=O) groups is 1. The normalized spacial score (nSPS) is 12.8. The monoisotopic (exact) mass is 485 g/mol. The molecule has 0 aliphatic carbocycles. The van der Waals surface area contributed by atoms with Crippen LogP contribution in [0.3, 0.4) is 0 Å². The van der Waals surface area contributed by atoms with Gasteiger partial charge in [-0.25, -0.2) is 0 Å². The van der Waals surface area contributed by atoms with E-state index in [1.807, 2.05) is 49.6 Å². The maximum absolute atomic E-state index is 12.7. The number of thioether (sulfide) groups is 1. The van der Waals surface area contributed by atoms with Crippen LogP contribution >= 0.6 is 11.8 Å². The van der Waals surface area contributed by atoms with Gasteiger partial charge in [-0.3, -0.25) is 14.9 Å². The van der Waals surface area contributed by atoms with Crippen LogP contribution in [0.1, 0.15) is 45.7 Å². The van der Waals surface area contributed by atoms with Crippen molar-refractivity contribution < 1.29 is 19.2 Å². The van der Waals surface area contributed by atoms with Gasteiger partial charge in [-0.2, -0.15) is 0 Å². The summed E-state index contributed by atoms with van der Waals surface area (Å²) in [5.41, 5.74) is 0.267. The van der Waals surface area contributed by atoms with E-state index in [0.29, 0.717) is 28.2 Å². The van der Waals surface area contributed by atoms with Crippen LogP contribution in [-0.4, -0.2) is 38.0 Å². The van der Waals surface area contributed by atoms with Gasteiger partial charge < -0.3 is 19.4 Å². The van der Waals surface area contributed by atoms with E-state index in [2.05, 4.69) is 15.5 Å². The smallest absolute Gasteiger partial charge is 0.271 e. The number of hydrogen-bond donors (Lipinski definition) is 1. The zero-order valence-electron chi connectivity index (χ0n) is 19.6. The Labute approximate surface area is 201 Å². The second-order valence-electron chi connectivity index (χ2n) is 7.77. The quantitative estimate of drug-likeness (QED) is 0.241. The van der Waals surface area contributed by atoms with Crippen molar-refractivity contribution in [3.05, 3.63) is 64.5 Å². The van der Waals surface area contributed by atoms with E-state index in [0.717, 1.165) is 0 Å². The molecule has 0 aliphatic heterocycles. The highest BCUT2D eigenvalue weighted by atomic mass is 32.2. The van der Waals surface area contributed by atoms with E-state index >= 15 is 0 Å². The topological polar surface area (TPSA) is 121 Å². The third-order valence-electron chi connectivity index (χ3n) is 4.92. The zero-order valence-corrected chi connectivity index (χ0v) is 20.4. The van der Waals surface area contributed by atoms with Crippen LogP contribution in [0.5, 0.6) is 11.5 Å². The molecule has 0 radical (unpaired) electrons. The van der Waals surface area contributed by atoms with Crippen molar-refractivity contribution in [1.29, 1.82) is 0 Å². The van der Waals surface area contributed by atoms with Crippen LogP contribution in [0, 0.1) is 10.1 Å². The number of nitro groups is 1. The molecule has 0 fully saturated rings. The minimum Gasteiger partial charge on any atom is -0.493 e. The maximum Gasteiger partial charge on any atom is 0.271 e. The number of methoxy groups -OCH3 is 1. The predicted octanol–water partition coefficient (Wildman–Crippen LogP) is 5.04. The fourth-order valence-corrected chi connectivity index (χ4v) is 4.23. The first-order valence-corrected chi connectivity index (χ1v) is 11.6. The number of aromatic nitrogens is 3. The van der Waals surface area contributed by atoms with Crippen LogP contribution in [0.25, 0.3) is 0 Å². The van der Waals surface area contributed by atoms with Gasteiger partial charge in [0.15, 0.2) is 28.6 Å². The number of rotatable bonds is 10. The van der Waals surface area contributed by atoms with Gasteiger partial charge in [0.25, 0.3) is 5.69 Å². The number of nitrogens with one attached hydrogen (secondary N) is 1. The molecule has 1 N–H and O–H groups in total. The highest BCUT2D eigenvalue weighted by Gasteiger charge is 2.25. The third kappa shape index (κ3) is 5.84. The Kier molecular flexibility index (Phi) is 8.11. The van der Waals surface area contributed by atoms with E-state index < -0.39 is 16.3 Å². The second-order valence-corrected chi connectivity index (χ2v) is 9.08. The molecule has 34 heavy (non-hydrogen) atoms. The van der Waals surface area contributed by atoms with Gasteiger partial charge in [-0.15, -0.1) is 10.2 Å². The van der Waals surface area contributed by atoms with Gasteiger partial charge >= 0.3 is 0 Å². The molecule has 10 nitrogen and oxygen atoms in total. The number of hydrogen-bond acceptors (Lipinski definition) is 8. The molecule has 0 bridgehead atoms. The van der Waals surface area contributed by atoms with Crippen LogP contribution < -0.4 is 14.8 Å². The lowest BCUT2D eigenvalue weighted by atomic mass is 10.2. The molecule has 0 spiro atoms. The maximum atomic E-state index is 12.7. The van der Waals surface area contributed by atoms with Crippen molar-refractivity contribution in [3.8, 4) is 11.5 Å². The number of amides is 1. The first-order valence-electron chi connectivity index (χ1n) is 10.7. The number of para-hydroxylation sites is 2. The largest absolute Gasteiger partial charge is 0.493 e. The highest BCUT2D eigenvalue weighted by molar-refractivity contribution is 8.00. The number of ether oxygens (including phenoxy) is 2. The highest BCUT2D eigenvalue weighted by Crippen LogP contribution is 2.33. The van der Waals surface area contributed by atoms with Gasteiger partial charge in [0.1, 0.15) is 0 Å². The molecule has 11 heteroatoms. The summed E-state index contributed by atoms with van der Waals surface area (Å²) >= 11 is 1.25. The number of anilines is 1. The summed E-state index contributed by atoms with van der Waals surface area (Å²) < 4.78 is 13.4. The summed E-state index contributed by atoms with van der Waals surface area (Å²) in [7, 11) is 1.58. The Bertz CT molecular complexity index is 1170. The number of non-ortho nitro benzene ring substituents is 1. The molecule has 3 rings (SSSR count). The second kappa shape index (κ2) is 11.0. The molecule has 1 aromatic heterocycles. The van der Waals surface area contributed by atoms with E-state index in [1.54, 1.807) is 20.1 Å². The third-order valence-corrected chi connectivity index (χ3v) is 5.98. The number of nitro benzene ring substituents is 1. The molecule has 1 amide bonds. The molecular formula is C23H27N5O5S. The summed E-state index contributed by atoms with van der Waals surface area (Å²) in [6, 6.07) is 13.2. The lowest BCUT2D eigenvalue weighted by Gasteiger charge is -2.20. The van der Waals surface area contributed by atoms with Crippen molar-refractivity contribution in [2.24, 2.45) is 0 Å². The molecule has 2 unspecified atom stereocenters. The number of nitrogens with zero attached hydrogens (tertiary/aromatic N) is 4. The Hall–Kier alpha value is -3.60. The summed E-state index contributed by atoms with van der Waals surface area (Å²) in [6.45, 7) is 7.62. The molecule has 2 atom stereocenters. The predicted molar refractivity (Wildman–Crippen MR) is 129 cm³/mol. The molecule has 1 heterocycles. The molecule has 3 aromatic rings. The fourth-order valence-electron chi connectivity index (χ4n) is 3.24. The molecule has 2 aromatic carbocycles. The zero-order chi connectivity index (χ0) is 24.8. The van der Waals surface area contributed by atoms with Gasteiger partial charge in [0, 0.05) is 23.9 Å². The first kappa shape index (κ1) is 25.0. The first-order chi connectivity index (χ1) is 16.2. The molecule has 0 saturated heterocycles. The lowest BCUT2D eigenvalue weighted by molar-refractivity contribution is -0.384. The van der Waals surface area contributed by atoms with Crippen molar-refractivity contribution >= 4 is 29.0 Å². The molecule has 180 valence electrons. The van der Waals surface area contributed by atoms with E-state index in [-0.39, 0.29) is 17.6 Å². The van der Waals surface area contributed by atoms with E-state index in [1.165, 1.54) is 30.0 Å². The van der Waals surface area contributed by atoms with Crippen LogP contribution in [0.4, 0.5) is 11.4 Å². The summed E-state index contributed by atoms with van der Waals surface area (Å²) in [5.74, 6) is 1.53. The van der Waals surface area contributed by atoms with E-state index in [9.17, 15) is 14.9 Å². The lowest BCUT2D eigenvalue weighted by Crippen LogP contribution is -2.23. The minimum absolute atomic E-state index is 0.0169. The average molecular weight is 486 g/mol. The Balaban J connectivity index is 1.75. The van der Waals surface area contributed by atoms with Crippen LogP contribution in [-0.2, 0) is 4.79 Å². The number of benzene rings is 2. The van der Waals surface area contributed by atoms with Crippen LogP contribution in [0.2, 0.25) is 0 Å². The summed E-state index contributed by atoms with van der Waals surface area (Å²) in [4.78, 5) is 23.2. The van der Waals surface area contributed by atoms with Gasteiger partial charge in [-0.05, 0) is 45.9 Å². The van der Waals surface area contributed by atoms with Crippen molar-refractivity contribution in [3.63, 3.8) is 0 Å². The van der Waals surface area contributed by atoms with Gasteiger partial charge in [-0.1, -0.05) is 30.0 Å². The SMILES string of the molecule is COc1ccccc1OC(C)c1nnc(SC(C)C(=O)Nc2cccc([N+](=O)[O-])c2)n1C(C)C. The van der Waals surface area contributed by atoms with Crippen LogP contribution in [0.15, 0.2) is 53.7 Å². The van der Waals surface area contributed by atoms with Gasteiger partial charge in [0.05, 0.1) is 17.3 Å². The molecular weight excluding hydrogens is 458 g/mol. The average Bonchev–Trinajstić information content (AvgIpc) is 3.23. The minimum atomic E-state index is -0.528. The summed E-state index contributed by atoms with van der Waals surface area (Å²) in [6.07, 6.45) is -0.422. The van der Waals surface area contributed by atoms with Crippen molar-refractivity contribution in [1.82, 2.24) is 14.8 Å². The van der Waals surface area contributed by atoms with Crippen molar-refractivity contribution in [2.45, 2.75) is 50.2 Å². The van der Waals surface area contributed by atoms with E-state index in [4.69, 9.17) is 9.47 Å². The standard InChI is InChI=1S/C23H27N5O5S/c1-14(2)27-21(15(3)33-20-12-7-6-11-19(20)32-5)25-26-23(27)34-16(4)22(29)24-17-9-8-10-18(13-17)28(30)31/h6-16H,1-5H3,(H,24,29). The summed E-state index contributed by atoms with van der Waals surface area (Å²) in [5, 5.41) is 22.4. The molecule has 0 aliphatic rings. The Morgan fingerprint density at radius 1 is 1.09 bits per heavy atom. The Morgan fingerprint density at radius 2 is 1.79 bits per heavy atom. The molecule has 0 saturated carbocycles. The van der Waals surface area contributed by atoms with Gasteiger partial charge in [0.2, 0.25) is 5.91 Å². The van der Waals surface area contributed by atoms with Crippen molar-refractivity contribution in [2.75, 3.05) is 12.4 Å². The number of carbonyl (C=O) groups excluding carboxylic acids is 1.